The zero-order chi connectivity index (χ0) is 24.2. The number of aryl methyl sites for hydroxylation is 1. The Morgan fingerprint density at radius 1 is 1.29 bits per heavy atom. The van der Waals surface area contributed by atoms with Crippen LogP contribution in [0, 0.1) is 18.3 Å². The van der Waals surface area contributed by atoms with Crippen LogP contribution in [0.4, 0.5) is 4.79 Å². The van der Waals surface area contributed by atoms with Crippen molar-refractivity contribution < 1.29 is 14.3 Å². The van der Waals surface area contributed by atoms with Crippen molar-refractivity contribution in [3.63, 3.8) is 0 Å². The molecular weight excluding hydrogens is 481 g/mol. The minimum Gasteiger partial charge on any atom is -0.445 e. The molecule has 3 heterocycles. The van der Waals surface area contributed by atoms with Gasteiger partial charge in [0, 0.05) is 18.8 Å². The largest absolute Gasteiger partial charge is 0.445 e. The number of nitrogens with zero attached hydrogens (tertiary/aromatic N) is 5. The van der Waals surface area contributed by atoms with Crippen LogP contribution in [0.2, 0.25) is 10.0 Å². The summed E-state index contributed by atoms with van der Waals surface area (Å²) in [7, 11) is 0. The van der Waals surface area contributed by atoms with E-state index in [0.29, 0.717) is 18.7 Å². The van der Waals surface area contributed by atoms with Crippen LogP contribution in [0.15, 0.2) is 36.5 Å². The van der Waals surface area contributed by atoms with E-state index in [9.17, 15) is 9.59 Å². The molecule has 2 aromatic heterocycles. The third-order valence-electron chi connectivity index (χ3n) is 5.61. The van der Waals surface area contributed by atoms with Gasteiger partial charge in [-0.25, -0.2) is 9.48 Å². The summed E-state index contributed by atoms with van der Waals surface area (Å²) in [4.78, 5) is 30.1. The minimum absolute atomic E-state index is 0.128. The van der Waals surface area contributed by atoms with E-state index in [1.165, 1.54) is 10.9 Å². The molecule has 1 fully saturated rings. The highest BCUT2D eigenvalue weighted by Crippen LogP contribution is 2.30. The van der Waals surface area contributed by atoms with Crippen molar-refractivity contribution in [1.82, 2.24) is 30.2 Å². The Kier molecular flexibility index (Phi) is 7.05. The number of piperidine rings is 1. The van der Waals surface area contributed by atoms with Crippen molar-refractivity contribution in [2.45, 2.75) is 32.0 Å². The van der Waals surface area contributed by atoms with Crippen LogP contribution in [0.5, 0.6) is 0 Å². The number of hydrogen-bond acceptors (Lipinski definition) is 6. The van der Waals surface area contributed by atoms with Crippen LogP contribution in [0.3, 0.4) is 0 Å². The van der Waals surface area contributed by atoms with Crippen molar-refractivity contribution in [1.29, 1.82) is 5.26 Å². The summed E-state index contributed by atoms with van der Waals surface area (Å²) in [6, 6.07) is 10.4. The van der Waals surface area contributed by atoms with Gasteiger partial charge < -0.3 is 19.9 Å². The molecule has 0 spiro atoms. The molecule has 1 aromatic carbocycles. The summed E-state index contributed by atoms with van der Waals surface area (Å²) >= 11 is 12.3. The van der Waals surface area contributed by atoms with Crippen molar-refractivity contribution in [2.24, 2.45) is 0 Å². The molecule has 0 bridgehead atoms. The quantitative estimate of drug-likeness (QED) is 0.550. The third-order valence-corrected chi connectivity index (χ3v) is 6.55. The van der Waals surface area contributed by atoms with Crippen molar-refractivity contribution >= 4 is 35.2 Å². The second kappa shape index (κ2) is 10.2. The van der Waals surface area contributed by atoms with Crippen LogP contribution in [0.25, 0.3) is 0 Å². The zero-order valence-electron chi connectivity index (χ0n) is 18.2. The standard InChI is InChI=1S/C22H21Cl2N7O3/c1-13-18(23)19(24)20(26-13)21(32)27-16-7-8-30(11-17(16)31-10-15(9-25)28-29-31)22(33)34-12-14-5-3-2-4-6-14/h2-6,10,16-17,26H,7-8,11-12H2,1H3,(H,27,32)/t16-,17+/m1/s1. The first-order chi connectivity index (χ1) is 16.4. The second-order valence-electron chi connectivity index (χ2n) is 7.87. The topological polar surface area (TPSA) is 129 Å². The highest BCUT2D eigenvalue weighted by Gasteiger charge is 2.36. The minimum atomic E-state index is -0.484. The lowest BCUT2D eigenvalue weighted by molar-refractivity contribution is 0.0665. The maximum Gasteiger partial charge on any atom is 0.410 e. The maximum atomic E-state index is 12.9. The number of H-pyrrole nitrogens is 1. The SMILES string of the molecule is Cc1[nH]c(C(=O)N[C@@H]2CCN(C(=O)OCc3ccccc3)C[C@@H]2n2cc(C#N)nn2)c(Cl)c1Cl. The van der Waals surface area contributed by atoms with E-state index in [1.807, 2.05) is 36.4 Å². The number of carbonyl (C=O) groups is 2. The number of aromatic amines is 1. The van der Waals surface area contributed by atoms with Crippen LogP contribution in [0.1, 0.15) is 39.9 Å². The number of amides is 2. The van der Waals surface area contributed by atoms with E-state index < -0.39 is 24.1 Å². The number of hydrogen-bond donors (Lipinski definition) is 2. The second-order valence-corrected chi connectivity index (χ2v) is 8.63. The molecule has 0 saturated carbocycles. The Morgan fingerprint density at radius 3 is 2.71 bits per heavy atom. The number of likely N-dealkylation sites (tertiary alicyclic amines) is 1. The smallest absolute Gasteiger partial charge is 0.410 e. The first-order valence-electron chi connectivity index (χ1n) is 10.5. The van der Waals surface area contributed by atoms with Gasteiger partial charge in [0.2, 0.25) is 0 Å². The van der Waals surface area contributed by atoms with Gasteiger partial charge in [0.15, 0.2) is 5.69 Å². The van der Waals surface area contributed by atoms with Crippen molar-refractivity contribution in [3.8, 4) is 6.07 Å². The van der Waals surface area contributed by atoms with E-state index in [2.05, 4.69) is 20.6 Å². The first-order valence-corrected chi connectivity index (χ1v) is 11.2. The Labute approximate surface area is 205 Å². The average Bonchev–Trinajstić information content (AvgIpc) is 3.44. The number of nitriles is 1. The van der Waals surface area contributed by atoms with E-state index in [0.717, 1.165) is 5.56 Å². The molecule has 3 aromatic rings. The fraction of sp³-hybridized carbons (Fsp3) is 0.318. The van der Waals surface area contributed by atoms with Crippen LogP contribution in [-0.2, 0) is 11.3 Å². The fourth-order valence-electron chi connectivity index (χ4n) is 3.80. The molecule has 34 heavy (non-hydrogen) atoms. The van der Waals surface area contributed by atoms with Gasteiger partial charge >= 0.3 is 6.09 Å². The zero-order valence-corrected chi connectivity index (χ0v) is 19.7. The highest BCUT2D eigenvalue weighted by atomic mass is 35.5. The van der Waals surface area contributed by atoms with Crippen molar-refractivity contribution in [2.75, 3.05) is 13.1 Å². The van der Waals surface area contributed by atoms with Gasteiger partial charge in [0.05, 0.1) is 28.3 Å². The molecule has 0 aliphatic carbocycles. The van der Waals surface area contributed by atoms with Crippen LogP contribution >= 0.6 is 23.2 Å². The summed E-state index contributed by atoms with van der Waals surface area (Å²) in [5.41, 5.74) is 1.74. The third kappa shape index (κ3) is 5.00. The average molecular weight is 502 g/mol. The number of benzene rings is 1. The van der Waals surface area contributed by atoms with Gasteiger partial charge in [0.25, 0.3) is 5.91 Å². The molecule has 0 unspecified atom stereocenters. The molecule has 12 heteroatoms. The van der Waals surface area contributed by atoms with Gasteiger partial charge in [-0.3, -0.25) is 4.79 Å². The maximum absolute atomic E-state index is 12.9. The molecule has 2 amide bonds. The van der Waals surface area contributed by atoms with E-state index in [-0.39, 0.29) is 34.6 Å². The number of halogens is 2. The number of ether oxygens (including phenoxy) is 1. The number of carbonyl (C=O) groups excluding carboxylic acids is 2. The number of aromatic nitrogens is 4. The summed E-state index contributed by atoms with van der Waals surface area (Å²) in [6.07, 6.45) is 1.42. The van der Waals surface area contributed by atoms with Crippen molar-refractivity contribution in [3.05, 3.63) is 69.2 Å². The van der Waals surface area contributed by atoms with Crippen LogP contribution < -0.4 is 5.32 Å². The molecule has 1 aliphatic rings. The van der Waals surface area contributed by atoms with Gasteiger partial charge in [-0.2, -0.15) is 5.26 Å². The molecule has 4 rings (SSSR count). The normalized spacial score (nSPS) is 17.8. The predicted molar refractivity (Wildman–Crippen MR) is 123 cm³/mol. The lowest BCUT2D eigenvalue weighted by Crippen LogP contribution is -2.53. The Morgan fingerprint density at radius 2 is 2.06 bits per heavy atom. The summed E-state index contributed by atoms with van der Waals surface area (Å²) < 4.78 is 6.94. The summed E-state index contributed by atoms with van der Waals surface area (Å²) in [5.74, 6) is -0.435. The van der Waals surface area contributed by atoms with E-state index >= 15 is 0 Å². The fourth-order valence-corrected chi connectivity index (χ4v) is 4.22. The number of nitrogens with one attached hydrogen (secondary N) is 2. The molecular formula is C22H21Cl2N7O3. The monoisotopic (exact) mass is 501 g/mol. The molecule has 176 valence electrons. The van der Waals surface area contributed by atoms with Gasteiger partial charge in [-0.1, -0.05) is 58.7 Å². The molecule has 0 radical (unpaired) electrons. The Bertz CT molecular complexity index is 1240. The predicted octanol–water partition coefficient (Wildman–Crippen LogP) is 3.48. The van der Waals surface area contributed by atoms with E-state index in [4.69, 9.17) is 33.2 Å². The van der Waals surface area contributed by atoms with Gasteiger partial charge in [0.1, 0.15) is 18.4 Å². The van der Waals surface area contributed by atoms with Gasteiger partial charge in [-0.05, 0) is 18.9 Å². The molecule has 2 atom stereocenters. The molecule has 1 aliphatic heterocycles. The Balaban J connectivity index is 1.49. The lowest BCUT2D eigenvalue weighted by atomic mass is 9.99. The molecule has 1 saturated heterocycles. The lowest BCUT2D eigenvalue weighted by Gasteiger charge is -2.38. The van der Waals surface area contributed by atoms with Crippen LogP contribution in [-0.4, -0.2) is 56.0 Å². The van der Waals surface area contributed by atoms with E-state index in [1.54, 1.807) is 11.8 Å². The summed E-state index contributed by atoms with van der Waals surface area (Å²) in [5, 5.41) is 20.3. The Hall–Kier alpha value is -3.55. The molecule has 2 N–H and O–H groups in total. The highest BCUT2D eigenvalue weighted by molar-refractivity contribution is 6.44. The first kappa shape index (κ1) is 23.6. The summed E-state index contributed by atoms with van der Waals surface area (Å²) in [6.45, 7) is 2.42. The van der Waals surface area contributed by atoms with Gasteiger partial charge in [-0.15, -0.1) is 5.10 Å². The number of rotatable bonds is 5. The molecule has 10 nitrogen and oxygen atoms in total.